The van der Waals surface area contributed by atoms with Crippen LogP contribution in [0.2, 0.25) is 5.02 Å². The van der Waals surface area contributed by atoms with Crippen LogP contribution in [0.5, 0.6) is 0 Å². The van der Waals surface area contributed by atoms with Crippen molar-refractivity contribution in [1.82, 2.24) is 10.3 Å². The molecule has 0 unspecified atom stereocenters. The SMILES string of the molecule is Cc1ccc(CCNC(=O)c2cc([N+](=O)[O-])ccc2Cl)cn1. The molecular formula is C15H14ClN3O3. The number of nitrogens with zero attached hydrogens (tertiary/aromatic N) is 2. The number of hydrogen-bond acceptors (Lipinski definition) is 4. The maximum Gasteiger partial charge on any atom is 0.270 e. The van der Waals surface area contributed by atoms with Crippen molar-refractivity contribution in [2.24, 2.45) is 0 Å². The molecule has 1 N–H and O–H groups in total. The molecule has 0 aliphatic carbocycles. The van der Waals surface area contributed by atoms with Crippen molar-refractivity contribution in [3.8, 4) is 0 Å². The average molecular weight is 320 g/mol. The number of nitro benzene ring substituents is 1. The van der Waals surface area contributed by atoms with Gasteiger partial charge in [0.1, 0.15) is 0 Å². The zero-order valence-corrected chi connectivity index (χ0v) is 12.6. The minimum Gasteiger partial charge on any atom is -0.352 e. The van der Waals surface area contributed by atoms with E-state index in [0.29, 0.717) is 13.0 Å². The lowest BCUT2D eigenvalue weighted by Gasteiger charge is -2.07. The molecule has 1 amide bonds. The minimum atomic E-state index is -0.564. The van der Waals surface area contributed by atoms with E-state index in [1.165, 1.54) is 18.2 Å². The molecule has 2 rings (SSSR count). The number of non-ortho nitro benzene ring substituents is 1. The van der Waals surface area contributed by atoms with Gasteiger partial charge in [-0.2, -0.15) is 0 Å². The molecule has 0 bridgehead atoms. The van der Waals surface area contributed by atoms with Crippen molar-refractivity contribution in [3.05, 3.63) is 68.5 Å². The third-order valence-electron chi connectivity index (χ3n) is 3.08. The second-order valence-corrected chi connectivity index (χ2v) is 5.14. The molecule has 0 aliphatic heterocycles. The highest BCUT2D eigenvalue weighted by atomic mass is 35.5. The molecule has 7 heteroatoms. The van der Waals surface area contributed by atoms with Gasteiger partial charge in [0.05, 0.1) is 15.5 Å². The summed E-state index contributed by atoms with van der Waals surface area (Å²) >= 11 is 5.92. The molecule has 22 heavy (non-hydrogen) atoms. The Morgan fingerprint density at radius 1 is 1.36 bits per heavy atom. The summed E-state index contributed by atoms with van der Waals surface area (Å²) in [5, 5.41) is 13.6. The largest absolute Gasteiger partial charge is 0.352 e. The van der Waals surface area contributed by atoms with E-state index in [0.717, 1.165) is 11.3 Å². The Kier molecular flexibility index (Phi) is 5.06. The lowest BCUT2D eigenvalue weighted by molar-refractivity contribution is -0.384. The van der Waals surface area contributed by atoms with Gasteiger partial charge >= 0.3 is 0 Å². The number of pyridine rings is 1. The van der Waals surface area contributed by atoms with E-state index in [4.69, 9.17) is 11.6 Å². The van der Waals surface area contributed by atoms with Gasteiger partial charge in [-0.1, -0.05) is 17.7 Å². The lowest BCUT2D eigenvalue weighted by atomic mass is 10.1. The van der Waals surface area contributed by atoms with Gasteiger partial charge in [-0.3, -0.25) is 19.9 Å². The van der Waals surface area contributed by atoms with Gasteiger partial charge in [0.2, 0.25) is 0 Å². The van der Waals surface area contributed by atoms with Gasteiger partial charge in [0, 0.05) is 30.6 Å². The van der Waals surface area contributed by atoms with E-state index < -0.39 is 10.8 Å². The maximum atomic E-state index is 12.1. The van der Waals surface area contributed by atoms with Crippen LogP contribution in [0.25, 0.3) is 0 Å². The second kappa shape index (κ2) is 7.00. The first kappa shape index (κ1) is 15.9. The molecule has 1 heterocycles. The minimum absolute atomic E-state index is 0.0953. The van der Waals surface area contributed by atoms with Crippen LogP contribution in [0.15, 0.2) is 36.5 Å². The van der Waals surface area contributed by atoms with Gasteiger partial charge in [-0.25, -0.2) is 0 Å². The molecule has 6 nitrogen and oxygen atoms in total. The van der Waals surface area contributed by atoms with Gasteiger partial charge in [-0.05, 0) is 31.0 Å². The number of aromatic nitrogens is 1. The van der Waals surface area contributed by atoms with Gasteiger partial charge in [-0.15, -0.1) is 0 Å². The monoisotopic (exact) mass is 319 g/mol. The van der Waals surface area contributed by atoms with Crippen LogP contribution in [0.1, 0.15) is 21.6 Å². The Morgan fingerprint density at radius 2 is 2.14 bits per heavy atom. The van der Waals surface area contributed by atoms with Crippen LogP contribution in [0, 0.1) is 17.0 Å². The van der Waals surface area contributed by atoms with Gasteiger partial charge < -0.3 is 5.32 Å². The number of hydrogen-bond donors (Lipinski definition) is 1. The van der Waals surface area contributed by atoms with Crippen LogP contribution in [0.3, 0.4) is 0 Å². The number of amides is 1. The Balaban J connectivity index is 1.99. The Labute approximate surface area is 132 Å². The summed E-state index contributed by atoms with van der Waals surface area (Å²) in [5.41, 5.74) is 1.85. The smallest absolute Gasteiger partial charge is 0.270 e. The summed E-state index contributed by atoms with van der Waals surface area (Å²) in [6.45, 7) is 2.29. The Hall–Kier alpha value is -2.47. The molecule has 0 saturated carbocycles. The van der Waals surface area contributed by atoms with Crippen molar-refractivity contribution in [2.45, 2.75) is 13.3 Å². The topological polar surface area (TPSA) is 85.1 Å². The fourth-order valence-electron chi connectivity index (χ4n) is 1.86. The summed E-state index contributed by atoms with van der Waals surface area (Å²) in [7, 11) is 0. The number of nitrogens with one attached hydrogen (secondary N) is 1. The molecule has 0 fully saturated rings. The Bertz CT molecular complexity index is 702. The summed E-state index contributed by atoms with van der Waals surface area (Å²) in [6, 6.07) is 7.62. The van der Waals surface area contributed by atoms with Crippen LogP contribution >= 0.6 is 11.6 Å². The van der Waals surface area contributed by atoms with E-state index in [9.17, 15) is 14.9 Å². The standard InChI is InChI=1S/C15H14ClN3O3/c1-10-2-3-11(9-18-10)6-7-17-15(20)13-8-12(19(21)22)4-5-14(13)16/h2-5,8-9H,6-7H2,1H3,(H,17,20). The summed E-state index contributed by atoms with van der Waals surface area (Å²) < 4.78 is 0. The number of carbonyl (C=O) groups excluding carboxylic acids is 1. The van der Waals surface area contributed by atoms with Crippen molar-refractivity contribution in [1.29, 1.82) is 0 Å². The van der Waals surface area contributed by atoms with E-state index in [1.807, 2.05) is 19.1 Å². The molecule has 1 aromatic carbocycles. The number of benzene rings is 1. The van der Waals surface area contributed by atoms with Crippen LogP contribution < -0.4 is 5.32 Å². The molecule has 114 valence electrons. The van der Waals surface area contributed by atoms with E-state index in [1.54, 1.807) is 6.20 Å². The molecule has 2 aromatic rings. The molecule has 0 saturated heterocycles. The first-order valence-electron chi connectivity index (χ1n) is 6.61. The van der Waals surface area contributed by atoms with Crippen molar-refractivity contribution in [3.63, 3.8) is 0 Å². The van der Waals surface area contributed by atoms with Crippen LogP contribution in [-0.2, 0) is 6.42 Å². The zero-order valence-electron chi connectivity index (χ0n) is 11.9. The molecule has 0 spiro atoms. The quantitative estimate of drug-likeness (QED) is 0.678. The molecule has 0 atom stereocenters. The van der Waals surface area contributed by atoms with E-state index in [-0.39, 0.29) is 16.3 Å². The maximum absolute atomic E-state index is 12.1. The van der Waals surface area contributed by atoms with Crippen LogP contribution in [-0.4, -0.2) is 22.4 Å². The summed E-state index contributed by atoms with van der Waals surface area (Å²) in [5.74, 6) is -0.436. The highest BCUT2D eigenvalue weighted by molar-refractivity contribution is 6.33. The summed E-state index contributed by atoms with van der Waals surface area (Å²) in [6.07, 6.45) is 2.37. The first-order chi connectivity index (χ1) is 10.5. The van der Waals surface area contributed by atoms with Crippen molar-refractivity contribution in [2.75, 3.05) is 6.54 Å². The molecule has 0 radical (unpaired) electrons. The number of carbonyl (C=O) groups is 1. The molecule has 1 aromatic heterocycles. The third kappa shape index (κ3) is 4.02. The fraction of sp³-hybridized carbons (Fsp3) is 0.200. The predicted molar refractivity (Wildman–Crippen MR) is 83.1 cm³/mol. The van der Waals surface area contributed by atoms with E-state index >= 15 is 0 Å². The number of nitro groups is 1. The Morgan fingerprint density at radius 3 is 2.77 bits per heavy atom. The molecular weight excluding hydrogens is 306 g/mol. The number of aryl methyl sites for hydroxylation is 1. The normalized spacial score (nSPS) is 10.3. The second-order valence-electron chi connectivity index (χ2n) is 4.73. The van der Waals surface area contributed by atoms with Crippen molar-refractivity contribution < 1.29 is 9.72 Å². The van der Waals surface area contributed by atoms with Gasteiger partial charge in [0.25, 0.3) is 11.6 Å². The zero-order chi connectivity index (χ0) is 16.1. The fourth-order valence-corrected chi connectivity index (χ4v) is 2.07. The lowest BCUT2D eigenvalue weighted by Crippen LogP contribution is -2.26. The highest BCUT2D eigenvalue weighted by Gasteiger charge is 2.15. The van der Waals surface area contributed by atoms with E-state index in [2.05, 4.69) is 10.3 Å². The van der Waals surface area contributed by atoms with Gasteiger partial charge in [0.15, 0.2) is 0 Å². The molecule has 0 aliphatic rings. The first-order valence-corrected chi connectivity index (χ1v) is 6.99. The number of halogens is 1. The highest BCUT2D eigenvalue weighted by Crippen LogP contribution is 2.21. The predicted octanol–water partition coefficient (Wildman–Crippen LogP) is 2.92. The number of rotatable bonds is 5. The van der Waals surface area contributed by atoms with Crippen molar-refractivity contribution >= 4 is 23.2 Å². The third-order valence-corrected chi connectivity index (χ3v) is 3.41. The van der Waals surface area contributed by atoms with Crippen LogP contribution in [0.4, 0.5) is 5.69 Å². The summed E-state index contributed by atoms with van der Waals surface area (Å²) in [4.78, 5) is 26.4. The average Bonchev–Trinajstić information content (AvgIpc) is 2.49.